The molecule has 8 aromatic carbocycles. The van der Waals surface area contributed by atoms with Crippen LogP contribution in [0.4, 0.5) is 17.1 Å². The average Bonchev–Trinajstić information content (AvgIpc) is 3.69. The first-order chi connectivity index (χ1) is 26.4. The number of nitrogens with zero attached hydrogens (tertiary/aromatic N) is 1. The second kappa shape index (κ2) is 12.7. The Morgan fingerprint density at radius 3 is 1.83 bits per heavy atom. The first-order valence-electron chi connectivity index (χ1n) is 18.4. The molecule has 1 heterocycles. The van der Waals surface area contributed by atoms with Gasteiger partial charge in [-0.3, -0.25) is 0 Å². The van der Waals surface area contributed by atoms with E-state index in [1.165, 1.54) is 33.4 Å². The van der Waals surface area contributed by atoms with Crippen LogP contribution in [0, 0.1) is 0 Å². The van der Waals surface area contributed by atoms with E-state index in [-0.39, 0.29) is 5.41 Å². The van der Waals surface area contributed by atoms with E-state index >= 15 is 0 Å². The van der Waals surface area contributed by atoms with Gasteiger partial charge in [-0.1, -0.05) is 141 Å². The number of hydrogen-bond acceptors (Lipinski definition) is 2. The minimum Gasteiger partial charge on any atom is -0.456 e. The smallest absolute Gasteiger partial charge is 0.136 e. The van der Waals surface area contributed by atoms with Crippen LogP contribution in [0.5, 0.6) is 0 Å². The van der Waals surface area contributed by atoms with Crippen molar-refractivity contribution in [1.29, 1.82) is 0 Å². The molecule has 0 amide bonds. The minimum absolute atomic E-state index is 0.124. The Hall–Kier alpha value is -6.35. The van der Waals surface area contributed by atoms with E-state index in [2.05, 4.69) is 189 Å². The van der Waals surface area contributed by atoms with Crippen molar-refractivity contribution in [3.63, 3.8) is 0 Å². The van der Waals surface area contributed by atoms with E-state index < -0.39 is 0 Å². The monoisotopic (exact) mass is 713 g/mol. The van der Waals surface area contributed by atoms with Crippen molar-refractivity contribution in [2.75, 3.05) is 4.90 Å². The number of para-hydroxylation sites is 1. The molecule has 0 fully saturated rings. The maximum Gasteiger partial charge on any atom is 0.136 e. The molecular formula is C51H36ClNO. The van der Waals surface area contributed by atoms with Gasteiger partial charge in [0, 0.05) is 43.8 Å². The summed E-state index contributed by atoms with van der Waals surface area (Å²) in [5, 5.41) is 3.01. The Morgan fingerprint density at radius 1 is 0.407 bits per heavy atom. The lowest BCUT2D eigenvalue weighted by Crippen LogP contribution is -2.15. The molecule has 3 heteroatoms. The molecule has 10 rings (SSSR count). The van der Waals surface area contributed by atoms with Gasteiger partial charge in [-0.05, 0) is 117 Å². The Morgan fingerprint density at radius 2 is 1.02 bits per heavy atom. The second-order valence-electron chi connectivity index (χ2n) is 14.7. The molecule has 0 N–H and O–H groups in total. The number of hydrogen-bond donors (Lipinski definition) is 0. The summed E-state index contributed by atoms with van der Waals surface area (Å²) in [7, 11) is 0. The summed E-state index contributed by atoms with van der Waals surface area (Å²) in [6, 6.07) is 64.8. The molecule has 0 radical (unpaired) electrons. The SMILES string of the molecule is CC1(C)c2ccccc2-c2cc(Cl)c(-c3cccc(N(c4ccc(-c5ccccc5)cc4)c4cccc(-c5ccc6c(c5)oc5ccccc56)c4)c3)cc21. The van der Waals surface area contributed by atoms with E-state index in [9.17, 15) is 0 Å². The van der Waals surface area contributed by atoms with Crippen molar-refractivity contribution >= 4 is 50.6 Å². The summed E-state index contributed by atoms with van der Waals surface area (Å²) in [5.74, 6) is 0. The molecule has 0 unspecified atom stereocenters. The molecule has 0 atom stereocenters. The highest BCUT2D eigenvalue weighted by Gasteiger charge is 2.36. The van der Waals surface area contributed by atoms with Crippen LogP contribution < -0.4 is 4.90 Å². The molecule has 0 spiro atoms. The number of halogens is 1. The summed E-state index contributed by atoms with van der Waals surface area (Å²) in [5.41, 5.74) is 16.6. The third kappa shape index (κ3) is 5.33. The van der Waals surface area contributed by atoms with Gasteiger partial charge in [0.15, 0.2) is 0 Å². The largest absolute Gasteiger partial charge is 0.456 e. The van der Waals surface area contributed by atoms with Gasteiger partial charge in [-0.15, -0.1) is 0 Å². The van der Waals surface area contributed by atoms with Crippen molar-refractivity contribution in [2.24, 2.45) is 0 Å². The second-order valence-corrected chi connectivity index (χ2v) is 15.1. The van der Waals surface area contributed by atoms with Gasteiger partial charge < -0.3 is 9.32 Å². The Bertz CT molecular complexity index is 2870. The van der Waals surface area contributed by atoms with E-state index in [1.54, 1.807) is 0 Å². The Balaban J connectivity index is 1.09. The van der Waals surface area contributed by atoms with Crippen molar-refractivity contribution in [1.82, 2.24) is 0 Å². The molecule has 258 valence electrons. The van der Waals surface area contributed by atoms with Crippen LogP contribution >= 0.6 is 11.6 Å². The fourth-order valence-corrected chi connectivity index (χ4v) is 8.64. The van der Waals surface area contributed by atoms with Gasteiger partial charge in [0.2, 0.25) is 0 Å². The van der Waals surface area contributed by atoms with Crippen molar-refractivity contribution in [3.8, 4) is 44.5 Å². The van der Waals surface area contributed by atoms with Crippen molar-refractivity contribution in [3.05, 3.63) is 198 Å². The maximum atomic E-state index is 7.18. The van der Waals surface area contributed by atoms with Crippen LogP contribution in [-0.2, 0) is 5.41 Å². The predicted molar refractivity (Wildman–Crippen MR) is 227 cm³/mol. The zero-order chi connectivity index (χ0) is 36.4. The fourth-order valence-electron chi connectivity index (χ4n) is 8.37. The van der Waals surface area contributed by atoms with Gasteiger partial charge in [0.25, 0.3) is 0 Å². The van der Waals surface area contributed by atoms with E-state index in [0.29, 0.717) is 0 Å². The lowest BCUT2D eigenvalue weighted by atomic mass is 9.81. The molecular weight excluding hydrogens is 678 g/mol. The summed E-state index contributed by atoms with van der Waals surface area (Å²) in [6.07, 6.45) is 0. The lowest BCUT2D eigenvalue weighted by molar-refractivity contribution is 0.660. The molecule has 1 aromatic heterocycles. The zero-order valence-electron chi connectivity index (χ0n) is 30.1. The van der Waals surface area contributed by atoms with Crippen LogP contribution in [0.15, 0.2) is 186 Å². The van der Waals surface area contributed by atoms with E-state index in [0.717, 1.165) is 66.3 Å². The lowest BCUT2D eigenvalue weighted by Gasteiger charge is -2.27. The normalized spacial score (nSPS) is 12.9. The van der Waals surface area contributed by atoms with Crippen LogP contribution in [0.3, 0.4) is 0 Å². The van der Waals surface area contributed by atoms with E-state index in [4.69, 9.17) is 16.0 Å². The van der Waals surface area contributed by atoms with Crippen LogP contribution in [0.1, 0.15) is 25.0 Å². The number of fused-ring (bicyclic) bond motifs is 6. The quantitative estimate of drug-likeness (QED) is 0.171. The summed E-state index contributed by atoms with van der Waals surface area (Å²) >= 11 is 7.18. The first-order valence-corrected chi connectivity index (χ1v) is 18.8. The van der Waals surface area contributed by atoms with Gasteiger partial charge in [-0.25, -0.2) is 0 Å². The number of anilines is 3. The van der Waals surface area contributed by atoms with Crippen molar-refractivity contribution < 1.29 is 4.42 Å². The van der Waals surface area contributed by atoms with Gasteiger partial charge >= 0.3 is 0 Å². The molecule has 9 aromatic rings. The minimum atomic E-state index is -0.124. The van der Waals surface area contributed by atoms with E-state index in [1.807, 2.05) is 12.1 Å². The highest BCUT2D eigenvalue weighted by atomic mass is 35.5. The highest BCUT2D eigenvalue weighted by Crippen LogP contribution is 2.51. The molecule has 0 saturated heterocycles. The molecule has 2 nitrogen and oxygen atoms in total. The van der Waals surface area contributed by atoms with Crippen LogP contribution in [0.2, 0.25) is 5.02 Å². The highest BCUT2D eigenvalue weighted by molar-refractivity contribution is 6.33. The maximum absolute atomic E-state index is 7.18. The third-order valence-electron chi connectivity index (χ3n) is 11.1. The fraction of sp³-hybridized carbons (Fsp3) is 0.0588. The molecule has 0 bridgehead atoms. The van der Waals surface area contributed by atoms with Crippen molar-refractivity contribution in [2.45, 2.75) is 19.3 Å². The molecule has 1 aliphatic rings. The summed E-state index contributed by atoms with van der Waals surface area (Å²) in [4.78, 5) is 2.34. The molecule has 54 heavy (non-hydrogen) atoms. The zero-order valence-corrected chi connectivity index (χ0v) is 30.8. The summed E-state index contributed by atoms with van der Waals surface area (Å²) in [6.45, 7) is 4.62. The third-order valence-corrected chi connectivity index (χ3v) is 11.4. The summed E-state index contributed by atoms with van der Waals surface area (Å²) < 4.78 is 6.28. The van der Waals surface area contributed by atoms with Gasteiger partial charge in [0.05, 0.1) is 0 Å². The molecule has 0 saturated carbocycles. The average molecular weight is 714 g/mol. The number of benzene rings is 8. The van der Waals surface area contributed by atoms with Gasteiger partial charge in [-0.2, -0.15) is 0 Å². The Kier molecular flexibility index (Phi) is 7.57. The Labute approximate surface area is 320 Å². The molecule has 1 aliphatic carbocycles. The standard InChI is InChI=1S/C51H36ClNO/c1-51(2)46-20-8-6-18-41(46)45-32-48(52)44(31-47(45)51)37-15-11-17-40(29-37)53(38-25-22-34(23-26-38)33-12-4-3-5-13-33)39-16-10-14-35(28-39)36-24-27-43-42-19-7-9-21-49(42)54-50(43)30-36/h3-32H,1-2H3. The first kappa shape index (κ1) is 32.3. The predicted octanol–water partition coefficient (Wildman–Crippen LogP) is 15.0. The topological polar surface area (TPSA) is 16.4 Å². The van der Waals surface area contributed by atoms with Crippen LogP contribution in [-0.4, -0.2) is 0 Å². The number of rotatable bonds is 6. The number of furan rings is 1. The molecule has 0 aliphatic heterocycles. The van der Waals surface area contributed by atoms with Crippen LogP contribution in [0.25, 0.3) is 66.4 Å². The van der Waals surface area contributed by atoms with Gasteiger partial charge in [0.1, 0.15) is 11.2 Å².